The van der Waals surface area contributed by atoms with Crippen LogP contribution in [-0.4, -0.2) is 44.5 Å². The van der Waals surface area contributed by atoms with Crippen molar-refractivity contribution < 1.29 is 9.47 Å². The van der Waals surface area contributed by atoms with Crippen molar-refractivity contribution in [2.45, 2.75) is 26.1 Å². The van der Waals surface area contributed by atoms with Crippen molar-refractivity contribution in [1.29, 1.82) is 0 Å². The second-order valence-corrected chi connectivity index (χ2v) is 8.20. The van der Waals surface area contributed by atoms with Crippen LogP contribution in [0.3, 0.4) is 0 Å². The van der Waals surface area contributed by atoms with E-state index in [-0.39, 0.29) is 5.56 Å². The van der Waals surface area contributed by atoms with Gasteiger partial charge in [-0.3, -0.25) is 14.4 Å². The SMILES string of the molecule is COc1ncc(CN2CCc3c(n(CCOc4ccccc4)n(-c4ccccc4)c3=O)C2)cn1. The van der Waals surface area contributed by atoms with Crippen molar-refractivity contribution in [3.63, 3.8) is 0 Å². The van der Waals surface area contributed by atoms with Gasteiger partial charge >= 0.3 is 6.01 Å². The highest BCUT2D eigenvalue weighted by Crippen LogP contribution is 2.21. The lowest BCUT2D eigenvalue weighted by Crippen LogP contribution is -2.32. The van der Waals surface area contributed by atoms with Crippen molar-refractivity contribution in [1.82, 2.24) is 24.2 Å². The summed E-state index contributed by atoms with van der Waals surface area (Å²) >= 11 is 0. The van der Waals surface area contributed by atoms with Gasteiger partial charge in [0.15, 0.2) is 0 Å². The summed E-state index contributed by atoms with van der Waals surface area (Å²) < 4.78 is 14.9. The zero-order valence-corrected chi connectivity index (χ0v) is 19.1. The first-order valence-electron chi connectivity index (χ1n) is 11.4. The van der Waals surface area contributed by atoms with E-state index in [2.05, 4.69) is 19.5 Å². The summed E-state index contributed by atoms with van der Waals surface area (Å²) in [5.41, 5.74) is 3.83. The number of fused-ring (bicyclic) bond motifs is 1. The zero-order valence-electron chi connectivity index (χ0n) is 19.1. The fourth-order valence-electron chi connectivity index (χ4n) is 4.38. The van der Waals surface area contributed by atoms with E-state index in [1.54, 1.807) is 24.2 Å². The summed E-state index contributed by atoms with van der Waals surface area (Å²) in [5, 5.41) is 0. The van der Waals surface area contributed by atoms with Gasteiger partial charge in [-0.25, -0.2) is 14.6 Å². The second kappa shape index (κ2) is 9.93. The number of hydrogen-bond donors (Lipinski definition) is 0. The average Bonchev–Trinajstić information content (AvgIpc) is 3.16. The number of nitrogens with zero attached hydrogens (tertiary/aromatic N) is 5. The van der Waals surface area contributed by atoms with Crippen LogP contribution in [0.15, 0.2) is 77.9 Å². The summed E-state index contributed by atoms with van der Waals surface area (Å²) in [4.78, 5) is 24.2. The van der Waals surface area contributed by atoms with E-state index < -0.39 is 0 Å². The Labute approximate surface area is 198 Å². The second-order valence-electron chi connectivity index (χ2n) is 8.20. The zero-order chi connectivity index (χ0) is 23.3. The Morgan fingerprint density at radius 1 is 0.971 bits per heavy atom. The Balaban J connectivity index is 1.42. The molecule has 0 amide bonds. The minimum absolute atomic E-state index is 0.0494. The number of aromatic nitrogens is 4. The topological polar surface area (TPSA) is 74.4 Å². The highest BCUT2D eigenvalue weighted by atomic mass is 16.5. The van der Waals surface area contributed by atoms with Gasteiger partial charge in [0, 0.05) is 43.2 Å². The predicted octanol–water partition coefficient (Wildman–Crippen LogP) is 3.07. The van der Waals surface area contributed by atoms with Crippen molar-refractivity contribution in [3.05, 3.63) is 100 Å². The molecule has 1 aliphatic heterocycles. The Hall–Kier alpha value is -3.91. The van der Waals surface area contributed by atoms with Crippen LogP contribution in [0.25, 0.3) is 5.69 Å². The maximum absolute atomic E-state index is 13.5. The molecule has 1 aliphatic rings. The Morgan fingerprint density at radius 3 is 2.38 bits per heavy atom. The first-order valence-corrected chi connectivity index (χ1v) is 11.4. The number of ether oxygens (including phenoxy) is 2. The summed E-state index contributed by atoms with van der Waals surface area (Å²) in [6, 6.07) is 19.9. The molecule has 3 heterocycles. The van der Waals surface area contributed by atoms with Gasteiger partial charge in [0.05, 0.1) is 25.0 Å². The van der Waals surface area contributed by atoms with Crippen LogP contribution in [-0.2, 0) is 26.1 Å². The van der Waals surface area contributed by atoms with Gasteiger partial charge in [0.2, 0.25) is 0 Å². The molecule has 0 N–H and O–H groups in total. The molecule has 0 saturated carbocycles. The molecule has 8 nitrogen and oxygen atoms in total. The van der Waals surface area contributed by atoms with Crippen molar-refractivity contribution in [2.75, 3.05) is 20.3 Å². The van der Waals surface area contributed by atoms with Crippen molar-refractivity contribution in [2.24, 2.45) is 0 Å². The quantitative estimate of drug-likeness (QED) is 0.405. The molecular formula is C26H27N5O3. The number of benzene rings is 2. The summed E-state index contributed by atoms with van der Waals surface area (Å²) in [7, 11) is 1.55. The summed E-state index contributed by atoms with van der Waals surface area (Å²) in [6.07, 6.45) is 4.28. The lowest BCUT2D eigenvalue weighted by atomic mass is 10.1. The first kappa shape index (κ1) is 21.9. The maximum Gasteiger partial charge on any atom is 0.316 e. The molecular weight excluding hydrogens is 430 g/mol. The highest BCUT2D eigenvalue weighted by molar-refractivity contribution is 5.34. The van der Waals surface area contributed by atoms with E-state index in [0.717, 1.165) is 34.8 Å². The molecule has 5 rings (SSSR count). The monoisotopic (exact) mass is 457 g/mol. The molecule has 2 aromatic heterocycles. The summed E-state index contributed by atoms with van der Waals surface area (Å²) in [6.45, 7) is 3.20. The molecule has 0 bridgehead atoms. The van der Waals surface area contributed by atoms with E-state index in [1.165, 1.54) is 0 Å². The Kier molecular flexibility index (Phi) is 6.40. The lowest BCUT2D eigenvalue weighted by molar-refractivity contribution is 0.227. The molecule has 0 aliphatic carbocycles. The fraction of sp³-hybridized carbons (Fsp3) is 0.269. The third kappa shape index (κ3) is 4.58. The first-order chi connectivity index (χ1) is 16.7. The van der Waals surface area contributed by atoms with Gasteiger partial charge in [0.1, 0.15) is 12.4 Å². The third-order valence-corrected chi connectivity index (χ3v) is 5.99. The van der Waals surface area contributed by atoms with E-state index >= 15 is 0 Å². The number of hydrogen-bond acceptors (Lipinski definition) is 6. The molecule has 34 heavy (non-hydrogen) atoms. The van der Waals surface area contributed by atoms with Gasteiger partial charge in [0.25, 0.3) is 5.56 Å². The minimum atomic E-state index is 0.0494. The number of rotatable bonds is 8. The standard InChI is InChI=1S/C26H27N5O3/c1-33-26-27-16-20(17-28-26)18-29-13-12-23-24(19-29)30(14-15-34-22-10-6-3-7-11-22)31(25(23)32)21-8-4-2-5-9-21/h2-11,16-17H,12-15,18-19H2,1H3. The van der Waals surface area contributed by atoms with E-state index in [0.29, 0.717) is 38.7 Å². The largest absolute Gasteiger partial charge is 0.492 e. The summed E-state index contributed by atoms with van der Waals surface area (Å²) in [5.74, 6) is 0.818. The minimum Gasteiger partial charge on any atom is -0.492 e. The lowest BCUT2D eigenvalue weighted by Gasteiger charge is -2.27. The van der Waals surface area contributed by atoms with E-state index in [4.69, 9.17) is 9.47 Å². The van der Waals surface area contributed by atoms with Gasteiger partial charge < -0.3 is 9.47 Å². The molecule has 8 heteroatoms. The van der Waals surface area contributed by atoms with Crippen LogP contribution in [0.5, 0.6) is 11.8 Å². The Morgan fingerprint density at radius 2 is 1.68 bits per heavy atom. The molecule has 0 atom stereocenters. The fourth-order valence-corrected chi connectivity index (χ4v) is 4.38. The molecule has 0 spiro atoms. The van der Waals surface area contributed by atoms with E-state index in [1.807, 2.05) is 60.7 Å². The third-order valence-electron chi connectivity index (χ3n) is 5.99. The van der Waals surface area contributed by atoms with Crippen LogP contribution in [0.1, 0.15) is 16.8 Å². The maximum atomic E-state index is 13.5. The van der Waals surface area contributed by atoms with Gasteiger partial charge in [-0.2, -0.15) is 0 Å². The van der Waals surface area contributed by atoms with Crippen molar-refractivity contribution in [3.8, 4) is 17.4 Å². The number of methoxy groups -OCH3 is 1. The Bertz CT molecular complexity index is 1280. The predicted molar refractivity (Wildman–Crippen MR) is 128 cm³/mol. The molecule has 0 radical (unpaired) electrons. The molecule has 174 valence electrons. The normalized spacial score (nSPS) is 13.4. The van der Waals surface area contributed by atoms with Crippen LogP contribution in [0.2, 0.25) is 0 Å². The molecule has 4 aromatic rings. The highest BCUT2D eigenvalue weighted by Gasteiger charge is 2.27. The van der Waals surface area contributed by atoms with Gasteiger partial charge in [-0.1, -0.05) is 36.4 Å². The molecule has 0 fully saturated rings. The molecule has 2 aromatic carbocycles. The van der Waals surface area contributed by atoms with Crippen LogP contribution < -0.4 is 15.0 Å². The van der Waals surface area contributed by atoms with Crippen LogP contribution in [0, 0.1) is 0 Å². The average molecular weight is 458 g/mol. The van der Waals surface area contributed by atoms with Crippen molar-refractivity contribution >= 4 is 0 Å². The van der Waals surface area contributed by atoms with Gasteiger partial charge in [-0.15, -0.1) is 0 Å². The van der Waals surface area contributed by atoms with E-state index in [9.17, 15) is 4.79 Å². The van der Waals surface area contributed by atoms with Crippen LogP contribution >= 0.6 is 0 Å². The van der Waals surface area contributed by atoms with Crippen LogP contribution in [0.4, 0.5) is 0 Å². The van der Waals surface area contributed by atoms with Gasteiger partial charge in [-0.05, 0) is 30.7 Å². The number of para-hydroxylation sites is 2. The smallest absolute Gasteiger partial charge is 0.316 e. The molecule has 0 saturated heterocycles. The molecule has 0 unspecified atom stereocenters.